The van der Waals surface area contributed by atoms with Crippen LogP contribution in [0.4, 0.5) is 10.1 Å². The number of nitrogens with zero attached hydrogens (tertiary/aromatic N) is 4. The molecule has 8 heteroatoms. The molecule has 1 N–H and O–H groups in total. The lowest BCUT2D eigenvalue weighted by Gasteiger charge is -2.10. The first-order valence-electron chi connectivity index (χ1n) is 7.00. The highest BCUT2D eigenvalue weighted by Gasteiger charge is 2.15. The maximum atomic E-state index is 13.5. The second-order valence-corrected chi connectivity index (χ2v) is 5.00. The number of carbonyl (C=O) groups is 2. The number of benzene rings is 2. The van der Waals surface area contributed by atoms with Crippen LogP contribution in [0.5, 0.6) is 0 Å². The highest BCUT2D eigenvalue weighted by molar-refractivity contribution is 6.07. The van der Waals surface area contributed by atoms with Crippen molar-refractivity contribution in [2.75, 3.05) is 5.32 Å². The summed E-state index contributed by atoms with van der Waals surface area (Å²) in [5.41, 5.74) is 1.48. The van der Waals surface area contributed by atoms with Gasteiger partial charge in [0.1, 0.15) is 12.1 Å². The number of halogens is 1. The van der Waals surface area contributed by atoms with Gasteiger partial charge in [-0.3, -0.25) is 9.59 Å². The van der Waals surface area contributed by atoms with Crippen LogP contribution in [-0.2, 0) is 0 Å². The smallest absolute Gasteiger partial charge is 0.257 e. The lowest BCUT2D eigenvalue weighted by atomic mass is 10.1. The third kappa shape index (κ3) is 3.17. The Morgan fingerprint density at radius 1 is 1.12 bits per heavy atom. The second-order valence-electron chi connectivity index (χ2n) is 5.00. The molecule has 3 aromatic rings. The van der Waals surface area contributed by atoms with Gasteiger partial charge in [0, 0.05) is 17.3 Å². The maximum absolute atomic E-state index is 13.5. The fraction of sp³-hybridized carbons (Fsp3) is 0.0625. The van der Waals surface area contributed by atoms with E-state index in [0.29, 0.717) is 11.3 Å². The Hall–Kier alpha value is -3.42. The van der Waals surface area contributed by atoms with Gasteiger partial charge >= 0.3 is 0 Å². The van der Waals surface area contributed by atoms with E-state index in [-0.39, 0.29) is 17.0 Å². The fourth-order valence-electron chi connectivity index (χ4n) is 2.14. The van der Waals surface area contributed by atoms with Crippen LogP contribution in [0.1, 0.15) is 27.6 Å². The summed E-state index contributed by atoms with van der Waals surface area (Å²) in [5.74, 6) is -1.02. The molecule has 1 aromatic heterocycles. The number of ketones is 1. The summed E-state index contributed by atoms with van der Waals surface area (Å²) in [7, 11) is 0. The molecule has 0 saturated heterocycles. The summed E-state index contributed by atoms with van der Waals surface area (Å²) in [5, 5.41) is 13.3. The molecular weight excluding hydrogens is 313 g/mol. The number of nitrogens with one attached hydrogen (secondary N) is 1. The molecule has 0 unspecified atom stereocenters. The number of amides is 1. The number of anilines is 1. The van der Waals surface area contributed by atoms with Gasteiger partial charge in [0.2, 0.25) is 0 Å². The first-order chi connectivity index (χ1) is 11.5. The number of aromatic nitrogens is 4. The molecule has 0 fully saturated rings. The minimum Gasteiger partial charge on any atom is -0.322 e. The van der Waals surface area contributed by atoms with Crippen molar-refractivity contribution in [3.8, 4) is 5.69 Å². The first-order valence-corrected chi connectivity index (χ1v) is 7.00. The van der Waals surface area contributed by atoms with Crippen molar-refractivity contribution in [1.82, 2.24) is 20.2 Å². The van der Waals surface area contributed by atoms with Gasteiger partial charge in [0.05, 0.1) is 11.3 Å². The van der Waals surface area contributed by atoms with Crippen LogP contribution < -0.4 is 5.32 Å². The minimum atomic E-state index is -0.511. The third-order valence-electron chi connectivity index (χ3n) is 3.35. The minimum absolute atomic E-state index is 0.0626. The molecule has 0 radical (unpaired) electrons. The molecule has 0 bridgehead atoms. The highest BCUT2D eigenvalue weighted by Crippen LogP contribution is 2.18. The predicted octanol–water partition coefficient (Wildman–Crippen LogP) is 2.26. The van der Waals surface area contributed by atoms with Gasteiger partial charge < -0.3 is 5.32 Å². The standard InChI is InChI=1S/C16H12FN5O2/c1-10(23)11-2-5-13(6-3-11)19-16(24)14-7-4-12(17)8-15(14)22-9-18-20-21-22/h2-9H,1H3,(H,19,24). The van der Waals surface area contributed by atoms with Crippen molar-refractivity contribution in [2.45, 2.75) is 6.92 Å². The average molecular weight is 325 g/mol. The summed E-state index contributed by atoms with van der Waals surface area (Å²) in [6.07, 6.45) is 1.27. The van der Waals surface area contributed by atoms with Crippen molar-refractivity contribution in [3.05, 3.63) is 65.7 Å². The lowest BCUT2D eigenvalue weighted by molar-refractivity contribution is 0.101. The fourth-order valence-corrected chi connectivity index (χ4v) is 2.14. The first kappa shape index (κ1) is 15.5. The van der Waals surface area contributed by atoms with Gasteiger partial charge in [0.15, 0.2) is 5.78 Å². The molecule has 24 heavy (non-hydrogen) atoms. The number of hydrogen-bond acceptors (Lipinski definition) is 5. The average Bonchev–Trinajstić information content (AvgIpc) is 3.09. The highest BCUT2D eigenvalue weighted by atomic mass is 19.1. The van der Waals surface area contributed by atoms with Gasteiger partial charge in [-0.05, 0) is 53.7 Å². The molecule has 120 valence electrons. The molecule has 0 aliphatic heterocycles. The van der Waals surface area contributed by atoms with Crippen molar-refractivity contribution in [1.29, 1.82) is 0 Å². The van der Waals surface area contributed by atoms with E-state index in [4.69, 9.17) is 0 Å². The van der Waals surface area contributed by atoms with E-state index in [2.05, 4.69) is 20.8 Å². The molecule has 0 saturated carbocycles. The summed E-state index contributed by atoms with van der Waals surface area (Å²) in [4.78, 5) is 23.7. The molecule has 2 aromatic carbocycles. The van der Waals surface area contributed by atoms with E-state index in [9.17, 15) is 14.0 Å². The Balaban J connectivity index is 1.89. The number of Topliss-reactive ketones (excluding diaryl/α,β-unsaturated/α-hetero) is 1. The van der Waals surface area contributed by atoms with Crippen molar-refractivity contribution >= 4 is 17.4 Å². The van der Waals surface area contributed by atoms with Gasteiger partial charge in [-0.1, -0.05) is 0 Å². The molecule has 1 heterocycles. The van der Waals surface area contributed by atoms with Crippen LogP contribution >= 0.6 is 0 Å². The van der Waals surface area contributed by atoms with E-state index in [0.717, 1.165) is 0 Å². The topological polar surface area (TPSA) is 89.8 Å². The second kappa shape index (κ2) is 6.37. The normalized spacial score (nSPS) is 10.4. The van der Waals surface area contributed by atoms with Gasteiger partial charge in [-0.15, -0.1) is 5.10 Å². The number of rotatable bonds is 4. The zero-order valence-electron chi connectivity index (χ0n) is 12.6. The van der Waals surface area contributed by atoms with Gasteiger partial charge in [-0.2, -0.15) is 4.68 Å². The largest absolute Gasteiger partial charge is 0.322 e. The van der Waals surface area contributed by atoms with Gasteiger partial charge in [0.25, 0.3) is 5.91 Å². The van der Waals surface area contributed by atoms with E-state index in [1.54, 1.807) is 24.3 Å². The molecule has 0 aliphatic carbocycles. The Morgan fingerprint density at radius 2 is 1.88 bits per heavy atom. The van der Waals surface area contributed by atoms with Crippen molar-refractivity contribution in [3.63, 3.8) is 0 Å². The Morgan fingerprint density at radius 3 is 2.50 bits per heavy atom. The number of tetrazole rings is 1. The summed E-state index contributed by atoms with van der Waals surface area (Å²) in [6.45, 7) is 1.46. The monoisotopic (exact) mass is 325 g/mol. The van der Waals surface area contributed by atoms with E-state index in [1.165, 1.54) is 36.1 Å². The van der Waals surface area contributed by atoms with Crippen LogP contribution in [-0.4, -0.2) is 31.9 Å². The summed E-state index contributed by atoms with van der Waals surface area (Å²) >= 11 is 0. The molecule has 0 spiro atoms. The van der Waals surface area contributed by atoms with Crippen LogP contribution in [0.3, 0.4) is 0 Å². The van der Waals surface area contributed by atoms with Gasteiger partial charge in [-0.25, -0.2) is 4.39 Å². The van der Waals surface area contributed by atoms with Crippen LogP contribution in [0.2, 0.25) is 0 Å². The maximum Gasteiger partial charge on any atom is 0.257 e. The van der Waals surface area contributed by atoms with Crippen LogP contribution in [0, 0.1) is 5.82 Å². The molecule has 0 atom stereocenters. The zero-order chi connectivity index (χ0) is 17.1. The van der Waals surface area contributed by atoms with E-state index < -0.39 is 11.7 Å². The van der Waals surface area contributed by atoms with Crippen LogP contribution in [0.25, 0.3) is 5.69 Å². The predicted molar refractivity (Wildman–Crippen MR) is 83.5 cm³/mol. The molecular formula is C16H12FN5O2. The summed E-state index contributed by atoms with van der Waals surface area (Å²) in [6, 6.07) is 10.2. The lowest BCUT2D eigenvalue weighted by Crippen LogP contribution is -2.15. The van der Waals surface area contributed by atoms with E-state index >= 15 is 0 Å². The van der Waals surface area contributed by atoms with E-state index in [1.807, 2.05) is 0 Å². The molecule has 7 nitrogen and oxygen atoms in total. The van der Waals surface area contributed by atoms with Crippen molar-refractivity contribution < 1.29 is 14.0 Å². The Kier molecular flexibility index (Phi) is 4.11. The number of carbonyl (C=O) groups excluding carboxylic acids is 2. The Bertz CT molecular complexity index is 891. The molecule has 1 amide bonds. The SMILES string of the molecule is CC(=O)c1ccc(NC(=O)c2ccc(F)cc2-n2cnnn2)cc1. The van der Waals surface area contributed by atoms with Crippen molar-refractivity contribution in [2.24, 2.45) is 0 Å². The van der Waals surface area contributed by atoms with Crippen LogP contribution in [0.15, 0.2) is 48.8 Å². The Labute approximate surface area is 136 Å². The zero-order valence-corrected chi connectivity index (χ0v) is 12.6. The quantitative estimate of drug-likeness (QED) is 0.743. The third-order valence-corrected chi connectivity index (χ3v) is 3.35. The molecule has 0 aliphatic rings. The number of hydrogen-bond donors (Lipinski definition) is 1. The summed E-state index contributed by atoms with van der Waals surface area (Å²) < 4.78 is 14.7. The molecule has 3 rings (SSSR count).